The van der Waals surface area contributed by atoms with Crippen LogP contribution >= 0.6 is 11.9 Å². The Morgan fingerprint density at radius 2 is 1.72 bits per heavy atom. The molecule has 54 heavy (non-hydrogen) atoms. The highest BCUT2D eigenvalue weighted by Gasteiger charge is 2.35. The molecule has 0 spiro atoms. The van der Waals surface area contributed by atoms with E-state index < -0.39 is 0 Å². The normalized spacial score (nSPS) is 17.9. The first-order chi connectivity index (χ1) is 26.0. The molecule has 0 aliphatic carbocycles. The van der Waals surface area contributed by atoms with E-state index in [1.807, 2.05) is 41.1 Å². The smallest absolute Gasteiger partial charge is 0.321 e. The van der Waals surface area contributed by atoms with Gasteiger partial charge in [0.1, 0.15) is 6.61 Å². The minimum Gasteiger partial charge on any atom is -0.470 e. The molecule has 3 N–H and O–H groups in total. The van der Waals surface area contributed by atoms with Gasteiger partial charge in [-0.15, -0.1) is 0 Å². The van der Waals surface area contributed by atoms with Crippen molar-refractivity contribution < 1.29 is 19.1 Å². The van der Waals surface area contributed by atoms with Gasteiger partial charge in [0.2, 0.25) is 5.88 Å². The van der Waals surface area contributed by atoms with Crippen molar-refractivity contribution in [2.24, 2.45) is 4.99 Å². The summed E-state index contributed by atoms with van der Waals surface area (Å²) in [4.78, 5) is 43.2. The number of aldehydes is 2. The van der Waals surface area contributed by atoms with Crippen molar-refractivity contribution in [3.05, 3.63) is 101 Å². The molecule has 12 heteroatoms. The topological polar surface area (TPSA) is 119 Å². The zero-order valence-corrected chi connectivity index (χ0v) is 33.1. The highest BCUT2D eigenvalue weighted by Crippen LogP contribution is 2.36. The summed E-state index contributed by atoms with van der Waals surface area (Å²) in [6.07, 6.45) is 5.04. The summed E-state index contributed by atoms with van der Waals surface area (Å²) in [7, 11) is 4.17. The maximum Gasteiger partial charge on any atom is 0.321 e. The van der Waals surface area contributed by atoms with Gasteiger partial charge in [0.15, 0.2) is 18.3 Å². The number of aryl methyl sites for hydroxylation is 1. The number of allylic oxidation sites excluding steroid dienone is 1. The lowest BCUT2D eigenvalue weighted by Crippen LogP contribution is -2.49. The average Bonchev–Trinajstić information content (AvgIpc) is 3.16. The van der Waals surface area contributed by atoms with Crippen LogP contribution in [0.2, 0.25) is 0 Å². The molecule has 2 fully saturated rings. The molecule has 3 aromatic carbocycles. The molecule has 2 aliphatic heterocycles. The lowest BCUT2D eigenvalue weighted by atomic mass is 9.88. The zero-order chi connectivity index (χ0) is 38.7. The van der Waals surface area contributed by atoms with Crippen LogP contribution in [0, 0.1) is 6.92 Å². The number of nitrogens with zero attached hydrogens (tertiary/aromatic N) is 4. The Morgan fingerprint density at radius 1 is 1.00 bits per heavy atom. The lowest BCUT2D eigenvalue weighted by Gasteiger charge is -2.45. The Bertz CT molecular complexity index is 1790. The molecule has 1 unspecified atom stereocenters. The summed E-state index contributed by atoms with van der Waals surface area (Å²) in [6.45, 7) is 12.7. The van der Waals surface area contributed by atoms with Crippen LogP contribution in [-0.4, -0.2) is 86.4 Å². The lowest BCUT2D eigenvalue weighted by molar-refractivity contribution is -0.111. The first-order valence-electron chi connectivity index (χ1n) is 18.6. The number of likely N-dealkylation sites (tertiary alicyclic amines) is 1. The van der Waals surface area contributed by atoms with Crippen molar-refractivity contribution in [2.45, 2.75) is 76.3 Å². The fourth-order valence-corrected chi connectivity index (χ4v) is 8.44. The summed E-state index contributed by atoms with van der Waals surface area (Å²) < 4.78 is 7.84. The SMILES string of the molecule is C=N/C(C=O)=C(\NCc1cccc(NC2CCN(SCc3cccc(NC(=O)N4CCC(c5ccc(C)c(N(C)C)c5)CC4)c3)C(C)(C)C2)c1)OCC=O. The number of amides is 2. The van der Waals surface area contributed by atoms with Gasteiger partial charge in [0, 0.05) is 74.7 Å². The van der Waals surface area contributed by atoms with Crippen molar-refractivity contribution in [3.8, 4) is 0 Å². The number of aliphatic imine (C=N–C) groups is 1. The van der Waals surface area contributed by atoms with E-state index in [0.717, 1.165) is 68.0 Å². The summed E-state index contributed by atoms with van der Waals surface area (Å²) in [6, 6.07) is 23.3. The molecule has 2 saturated heterocycles. The van der Waals surface area contributed by atoms with Crippen LogP contribution in [0.3, 0.4) is 0 Å². The van der Waals surface area contributed by atoms with Crippen LogP contribution in [0.15, 0.2) is 83.3 Å². The number of carbonyl (C=O) groups excluding carboxylic acids is 3. The van der Waals surface area contributed by atoms with Crippen LogP contribution in [0.5, 0.6) is 0 Å². The number of benzene rings is 3. The highest BCUT2D eigenvalue weighted by atomic mass is 32.2. The van der Waals surface area contributed by atoms with Gasteiger partial charge in [-0.3, -0.25) is 14.6 Å². The first-order valence-corrected chi connectivity index (χ1v) is 19.6. The molecule has 0 aromatic heterocycles. The van der Waals surface area contributed by atoms with Gasteiger partial charge in [0.05, 0.1) is 0 Å². The van der Waals surface area contributed by atoms with Gasteiger partial charge in [-0.1, -0.05) is 48.3 Å². The second-order valence-electron chi connectivity index (χ2n) is 14.9. The van der Waals surface area contributed by atoms with Crippen molar-refractivity contribution in [3.63, 3.8) is 0 Å². The second-order valence-corrected chi connectivity index (χ2v) is 15.9. The first kappa shape index (κ1) is 40.4. The fraction of sp³-hybridized carbons (Fsp3) is 0.429. The third-order valence-electron chi connectivity index (χ3n) is 10.2. The third-order valence-corrected chi connectivity index (χ3v) is 11.6. The van der Waals surface area contributed by atoms with Crippen LogP contribution < -0.4 is 20.9 Å². The summed E-state index contributed by atoms with van der Waals surface area (Å²) in [5.74, 6) is 1.40. The minimum atomic E-state index is -0.192. The summed E-state index contributed by atoms with van der Waals surface area (Å²) >= 11 is 1.84. The predicted molar refractivity (Wildman–Crippen MR) is 221 cm³/mol. The van der Waals surface area contributed by atoms with E-state index in [1.54, 1.807) is 0 Å². The van der Waals surface area contributed by atoms with Crippen LogP contribution in [0.1, 0.15) is 67.7 Å². The number of hydrogen-bond acceptors (Lipinski definition) is 10. The Hall–Kier alpha value is -4.81. The molecule has 11 nitrogen and oxygen atoms in total. The molecule has 5 rings (SSSR count). The summed E-state index contributed by atoms with van der Waals surface area (Å²) in [5.41, 5.74) is 7.87. The monoisotopic (exact) mass is 753 g/mol. The molecule has 1 atom stereocenters. The molecular weight excluding hydrogens is 699 g/mol. The van der Waals surface area contributed by atoms with E-state index in [2.05, 4.69) is 114 Å². The van der Waals surface area contributed by atoms with Crippen molar-refractivity contribution >= 4 is 54.3 Å². The quantitative estimate of drug-likeness (QED) is 0.0454. The van der Waals surface area contributed by atoms with E-state index in [9.17, 15) is 14.4 Å². The second kappa shape index (κ2) is 19.0. The van der Waals surface area contributed by atoms with Gasteiger partial charge in [0.25, 0.3) is 0 Å². The standard InChI is InChI=1S/C42H55N7O4S/c1-30-13-14-34(25-39(30)47(5)6)33-15-18-48(19-16-33)41(52)46-36-12-8-10-32(24-36)29-54-49-20-17-37(26-42(49,2)3)45-35-11-7-9-31(23-35)27-44-40(53-22-21-50)38(28-51)43-4/h7-14,21,23-25,28,33,37,44-45H,4,15-20,22,26-27,29H2,1-3,5-6H3,(H,46,52)/b40-38+. The molecule has 2 heterocycles. The number of ether oxygens (including phenoxy) is 1. The number of piperidine rings is 2. The van der Waals surface area contributed by atoms with Gasteiger partial charge < -0.3 is 30.5 Å². The predicted octanol–water partition coefficient (Wildman–Crippen LogP) is 7.35. The van der Waals surface area contributed by atoms with Crippen molar-refractivity contribution in [1.29, 1.82) is 0 Å². The van der Waals surface area contributed by atoms with E-state index in [4.69, 9.17) is 4.74 Å². The molecule has 0 bridgehead atoms. The zero-order valence-electron chi connectivity index (χ0n) is 32.3. The Labute approximate surface area is 324 Å². The van der Waals surface area contributed by atoms with Crippen molar-refractivity contribution in [1.82, 2.24) is 14.5 Å². The number of rotatable bonds is 16. The van der Waals surface area contributed by atoms with Crippen LogP contribution in [0.4, 0.5) is 21.9 Å². The molecule has 2 aliphatic rings. The fourth-order valence-electron chi connectivity index (χ4n) is 7.30. The van der Waals surface area contributed by atoms with Crippen molar-refractivity contribution in [2.75, 3.05) is 55.9 Å². The molecular formula is C42H55N7O4S. The average molecular weight is 754 g/mol. The van der Waals surface area contributed by atoms with Gasteiger partial charge in [-0.05, 0) is 112 Å². The largest absolute Gasteiger partial charge is 0.470 e. The van der Waals surface area contributed by atoms with E-state index in [1.165, 1.54) is 22.4 Å². The maximum atomic E-state index is 13.3. The molecule has 3 aromatic rings. The number of urea groups is 1. The summed E-state index contributed by atoms with van der Waals surface area (Å²) in [5, 5.41) is 9.95. The number of carbonyl (C=O) groups is 3. The molecule has 288 valence electrons. The van der Waals surface area contributed by atoms with Crippen LogP contribution in [0.25, 0.3) is 0 Å². The Balaban J connectivity index is 1.08. The van der Waals surface area contributed by atoms with Gasteiger partial charge in [-0.2, -0.15) is 0 Å². The number of hydrogen-bond donors (Lipinski definition) is 3. The van der Waals surface area contributed by atoms with E-state index in [-0.39, 0.29) is 29.8 Å². The molecule has 2 amide bonds. The van der Waals surface area contributed by atoms with E-state index >= 15 is 0 Å². The maximum absolute atomic E-state index is 13.3. The Kier molecular flexibility index (Phi) is 14.2. The Morgan fingerprint density at radius 3 is 2.41 bits per heavy atom. The number of anilines is 3. The highest BCUT2D eigenvalue weighted by molar-refractivity contribution is 7.96. The molecule has 0 saturated carbocycles. The van der Waals surface area contributed by atoms with E-state index in [0.29, 0.717) is 31.1 Å². The third kappa shape index (κ3) is 10.9. The number of nitrogens with one attached hydrogen (secondary N) is 3. The minimum absolute atomic E-state index is 0.0112. The van der Waals surface area contributed by atoms with Gasteiger partial charge >= 0.3 is 6.03 Å². The molecule has 0 radical (unpaired) electrons. The van der Waals surface area contributed by atoms with Crippen LogP contribution in [-0.2, 0) is 26.6 Å². The van der Waals surface area contributed by atoms with Gasteiger partial charge in [-0.25, -0.2) is 9.10 Å².